The lowest BCUT2D eigenvalue weighted by Gasteiger charge is -2.58. The first-order chi connectivity index (χ1) is 13.3. The van der Waals surface area contributed by atoms with Crippen LogP contribution in [-0.2, 0) is 10.0 Å². The molecule has 5 aliphatic rings. The smallest absolute Gasteiger partial charge is 0.264 e. The maximum Gasteiger partial charge on any atom is 0.264 e. The minimum absolute atomic E-state index is 0.158. The van der Waals surface area contributed by atoms with Crippen molar-refractivity contribution in [3.63, 3.8) is 0 Å². The first kappa shape index (κ1) is 18.4. The van der Waals surface area contributed by atoms with E-state index < -0.39 is 10.0 Å². The van der Waals surface area contributed by atoms with Crippen molar-refractivity contribution in [3.8, 4) is 0 Å². The second kappa shape index (κ2) is 6.19. The number of hydrogen-bond acceptors (Lipinski definition) is 3. The van der Waals surface area contributed by atoms with E-state index in [1.165, 1.54) is 38.5 Å². The van der Waals surface area contributed by atoms with E-state index in [9.17, 15) is 8.42 Å². The minimum atomic E-state index is -3.55. The number of nitrogens with one attached hydrogen (secondary N) is 1. The molecule has 1 aromatic carbocycles. The lowest BCUT2D eigenvalue weighted by molar-refractivity contribution is -0.0633. The van der Waals surface area contributed by atoms with E-state index in [4.69, 9.17) is 4.99 Å². The summed E-state index contributed by atoms with van der Waals surface area (Å²) >= 11 is 0. The fourth-order valence-corrected chi connectivity index (χ4v) is 8.29. The minimum Gasteiger partial charge on any atom is -0.264 e. The van der Waals surface area contributed by atoms with Gasteiger partial charge in [-0.2, -0.15) is 0 Å². The van der Waals surface area contributed by atoms with Crippen LogP contribution in [0.25, 0.3) is 4.91 Å². The Morgan fingerprint density at radius 1 is 1.00 bits per heavy atom. The summed E-state index contributed by atoms with van der Waals surface area (Å²) in [7, 11) is -3.55. The number of aliphatic imine (C=N–C) groups is 1. The molecule has 0 aromatic heterocycles. The van der Waals surface area contributed by atoms with Crippen molar-refractivity contribution in [2.45, 2.75) is 65.3 Å². The van der Waals surface area contributed by atoms with Gasteiger partial charge in [-0.05, 0) is 88.0 Å². The molecule has 1 aliphatic heterocycles. The van der Waals surface area contributed by atoms with Gasteiger partial charge in [0.05, 0.1) is 6.04 Å². The lowest BCUT2D eigenvalue weighted by atomic mass is 9.48. The molecule has 0 radical (unpaired) electrons. The van der Waals surface area contributed by atoms with Gasteiger partial charge in [-0.1, -0.05) is 29.8 Å². The zero-order valence-electron chi connectivity index (χ0n) is 17.0. The van der Waals surface area contributed by atoms with Gasteiger partial charge in [0.1, 0.15) is 10.7 Å². The largest absolute Gasteiger partial charge is 0.264 e. The molecule has 5 heteroatoms. The summed E-state index contributed by atoms with van der Waals surface area (Å²) in [5.41, 5.74) is 2.89. The van der Waals surface area contributed by atoms with E-state index in [1.807, 2.05) is 38.1 Å². The SMILES string of the molecule is CC1=C(c2ccc(C)cc2)S(=O)(=O)NC1=NC(C)C12CC3CC(CC(C3)C1)C2. The average molecular weight is 399 g/mol. The monoisotopic (exact) mass is 398 g/mol. The van der Waals surface area contributed by atoms with Gasteiger partial charge in [-0.25, -0.2) is 8.42 Å². The van der Waals surface area contributed by atoms with Gasteiger partial charge in [-0.3, -0.25) is 9.71 Å². The molecule has 1 unspecified atom stereocenters. The Balaban J connectivity index is 1.49. The quantitative estimate of drug-likeness (QED) is 0.805. The second-order valence-corrected chi connectivity index (χ2v) is 11.5. The van der Waals surface area contributed by atoms with Gasteiger partial charge in [0.15, 0.2) is 0 Å². The Morgan fingerprint density at radius 3 is 2.07 bits per heavy atom. The number of aryl methyl sites for hydroxylation is 1. The van der Waals surface area contributed by atoms with Crippen molar-refractivity contribution < 1.29 is 8.42 Å². The fourth-order valence-electron chi connectivity index (χ4n) is 6.78. The molecule has 0 saturated heterocycles. The molecule has 150 valence electrons. The van der Waals surface area contributed by atoms with Crippen molar-refractivity contribution in [3.05, 3.63) is 41.0 Å². The number of rotatable bonds is 3. The summed E-state index contributed by atoms with van der Waals surface area (Å²) in [6.07, 6.45) is 8.05. The van der Waals surface area contributed by atoms with Crippen LogP contribution in [0.15, 0.2) is 34.8 Å². The summed E-state index contributed by atoms with van der Waals surface area (Å²) in [6, 6.07) is 7.85. The van der Waals surface area contributed by atoms with Crippen LogP contribution in [-0.4, -0.2) is 20.3 Å². The predicted octanol–water partition coefficient (Wildman–Crippen LogP) is 4.66. The van der Waals surface area contributed by atoms with E-state index in [1.54, 1.807) is 0 Å². The molecule has 0 spiro atoms. The lowest BCUT2D eigenvalue weighted by Crippen LogP contribution is -2.50. The first-order valence-corrected chi connectivity index (χ1v) is 12.1. The Hall–Kier alpha value is -1.62. The molecule has 4 saturated carbocycles. The van der Waals surface area contributed by atoms with E-state index in [2.05, 4.69) is 11.6 Å². The molecule has 4 fully saturated rings. The van der Waals surface area contributed by atoms with Crippen molar-refractivity contribution in [1.29, 1.82) is 0 Å². The summed E-state index contributed by atoms with van der Waals surface area (Å²) in [6.45, 7) is 6.11. The third-order valence-electron chi connectivity index (χ3n) is 7.80. The van der Waals surface area contributed by atoms with Gasteiger partial charge in [0.2, 0.25) is 0 Å². The number of amidine groups is 1. The van der Waals surface area contributed by atoms with Crippen molar-refractivity contribution in [2.75, 3.05) is 0 Å². The topological polar surface area (TPSA) is 58.5 Å². The van der Waals surface area contributed by atoms with Crippen LogP contribution in [0.1, 0.15) is 63.5 Å². The molecular weight excluding hydrogens is 368 g/mol. The van der Waals surface area contributed by atoms with Crippen LogP contribution in [0.4, 0.5) is 0 Å². The van der Waals surface area contributed by atoms with Crippen LogP contribution < -0.4 is 4.72 Å². The molecular formula is C23H30N2O2S. The van der Waals surface area contributed by atoms with Crippen LogP contribution in [0.2, 0.25) is 0 Å². The summed E-state index contributed by atoms with van der Waals surface area (Å²) in [5.74, 6) is 3.16. The molecule has 4 aliphatic carbocycles. The Kier molecular flexibility index (Phi) is 4.07. The van der Waals surface area contributed by atoms with Crippen molar-refractivity contribution in [1.82, 2.24) is 4.72 Å². The van der Waals surface area contributed by atoms with Crippen LogP contribution in [0, 0.1) is 30.1 Å². The average Bonchev–Trinajstić information content (AvgIpc) is 2.83. The van der Waals surface area contributed by atoms with Gasteiger partial charge in [-0.15, -0.1) is 0 Å². The maximum atomic E-state index is 12.8. The zero-order valence-corrected chi connectivity index (χ0v) is 17.8. The zero-order chi connectivity index (χ0) is 19.7. The summed E-state index contributed by atoms with van der Waals surface area (Å²) in [5, 5.41) is 0. The van der Waals surface area contributed by atoms with Crippen molar-refractivity contribution in [2.24, 2.45) is 28.2 Å². The van der Waals surface area contributed by atoms with Gasteiger partial charge in [0.25, 0.3) is 10.0 Å². The molecule has 1 aromatic rings. The third kappa shape index (κ3) is 2.85. The van der Waals surface area contributed by atoms with Gasteiger partial charge in [0, 0.05) is 5.57 Å². The number of hydrogen-bond donors (Lipinski definition) is 1. The molecule has 1 atom stereocenters. The highest BCUT2D eigenvalue weighted by Crippen LogP contribution is 2.61. The fraction of sp³-hybridized carbons (Fsp3) is 0.609. The third-order valence-corrected chi connectivity index (χ3v) is 9.35. The highest BCUT2D eigenvalue weighted by atomic mass is 32.2. The maximum absolute atomic E-state index is 12.8. The summed E-state index contributed by atoms with van der Waals surface area (Å²) in [4.78, 5) is 5.38. The predicted molar refractivity (Wildman–Crippen MR) is 113 cm³/mol. The van der Waals surface area contributed by atoms with E-state index in [0.717, 1.165) is 34.5 Å². The molecule has 6 rings (SSSR count). The first-order valence-electron chi connectivity index (χ1n) is 10.6. The molecule has 1 heterocycles. The van der Waals surface area contributed by atoms with E-state index >= 15 is 0 Å². The van der Waals surface area contributed by atoms with Crippen LogP contribution >= 0.6 is 0 Å². The highest BCUT2D eigenvalue weighted by Gasteiger charge is 2.53. The van der Waals surface area contributed by atoms with Crippen LogP contribution in [0.3, 0.4) is 0 Å². The Morgan fingerprint density at radius 2 is 1.54 bits per heavy atom. The number of sulfonamides is 1. The number of benzene rings is 1. The normalized spacial score (nSPS) is 38.1. The molecule has 1 N–H and O–H groups in total. The van der Waals surface area contributed by atoms with Crippen LogP contribution in [0.5, 0.6) is 0 Å². The highest BCUT2D eigenvalue weighted by molar-refractivity contribution is 8.00. The molecule has 4 nitrogen and oxygen atoms in total. The second-order valence-electron chi connectivity index (χ2n) is 9.86. The van der Waals surface area contributed by atoms with Gasteiger partial charge < -0.3 is 0 Å². The summed E-state index contributed by atoms with van der Waals surface area (Å²) < 4.78 is 28.4. The van der Waals surface area contributed by atoms with Gasteiger partial charge >= 0.3 is 0 Å². The Bertz CT molecular complexity index is 937. The number of nitrogens with zero attached hydrogens (tertiary/aromatic N) is 1. The standard InChI is InChI=1S/C23H30N2O2S/c1-14-4-6-20(7-5-14)21-15(2)22(25-28(21,26)27)24-16(3)23-11-17-8-18(12-23)10-19(9-17)13-23/h4-7,16-19H,8-13H2,1-3H3,(H,24,25). The van der Waals surface area contributed by atoms with E-state index in [0.29, 0.717) is 10.7 Å². The van der Waals surface area contributed by atoms with Crippen molar-refractivity contribution >= 4 is 20.8 Å². The molecule has 4 bridgehead atoms. The molecule has 28 heavy (non-hydrogen) atoms. The van der Waals surface area contributed by atoms with E-state index in [-0.39, 0.29) is 11.5 Å². The Labute approximate surface area is 168 Å². The molecule has 0 amide bonds.